The van der Waals surface area contributed by atoms with Gasteiger partial charge in [0.25, 0.3) is 0 Å². The van der Waals surface area contributed by atoms with Crippen LogP contribution in [0.1, 0.15) is 35.5 Å². The lowest BCUT2D eigenvalue weighted by Crippen LogP contribution is -2.35. The Labute approximate surface area is 217 Å². The number of benzene rings is 1. The van der Waals surface area contributed by atoms with Crippen LogP contribution in [0.25, 0.3) is 22.8 Å². The second kappa shape index (κ2) is 10.9. The lowest BCUT2D eigenvalue weighted by molar-refractivity contribution is 0.0336. The van der Waals surface area contributed by atoms with Crippen molar-refractivity contribution in [3.8, 4) is 5.75 Å². The van der Waals surface area contributed by atoms with Crippen molar-refractivity contribution in [2.45, 2.75) is 19.6 Å². The third-order valence-electron chi connectivity index (χ3n) is 6.00. The van der Waals surface area contributed by atoms with Crippen LogP contribution in [0.15, 0.2) is 48.9 Å². The van der Waals surface area contributed by atoms with Gasteiger partial charge in [-0.3, -0.25) is 20.0 Å². The summed E-state index contributed by atoms with van der Waals surface area (Å²) in [6.07, 6.45) is 5.69. The number of pyridine rings is 2. The smallest absolute Gasteiger partial charge is 0.151 e. The number of aromatic amines is 1. The van der Waals surface area contributed by atoms with E-state index in [0.29, 0.717) is 37.8 Å². The summed E-state index contributed by atoms with van der Waals surface area (Å²) in [5, 5.41) is 8.48. The molecule has 1 aromatic carbocycles. The minimum atomic E-state index is -0.477. The first kappa shape index (κ1) is 24.6. The molecular formula is C26H24Cl2FN5O2. The zero-order chi connectivity index (χ0) is 25.1. The number of hydrogen-bond acceptors (Lipinski definition) is 6. The highest BCUT2D eigenvalue weighted by atomic mass is 35.5. The van der Waals surface area contributed by atoms with Gasteiger partial charge in [0, 0.05) is 49.2 Å². The molecule has 0 radical (unpaired) electrons. The first-order chi connectivity index (χ1) is 17.5. The Morgan fingerprint density at radius 1 is 1.17 bits per heavy atom. The van der Waals surface area contributed by atoms with Gasteiger partial charge < -0.3 is 9.47 Å². The van der Waals surface area contributed by atoms with Gasteiger partial charge in [0.1, 0.15) is 17.5 Å². The molecule has 1 N–H and O–H groups in total. The first-order valence-electron chi connectivity index (χ1n) is 11.5. The quantitative estimate of drug-likeness (QED) is 0.313. The van der Waals surface area contributed by atoms with Crippen molar-refractivity contribution in [2.75, 3.05) is 26.3 Å². The number of hydrogen-bond donors (Lipinski definition) is 1. The van der Waals surface area contributed by atoms with Crippen molar-refractivity contribution in [2.24, 2.45) is 0 Å². The van der Waals surface area contributed by atoms with Crippen LogP contribution in [0.3, 0.4) is 0 Å². The molecule has 3 aromatic heterocycles. The summed E-state index contributed by atoms with van der Waals surface area (Å²) in [5.74, 6) is 0.0536. The van der Waals surface area contributed by atoms with Crippen molar-refractivity contribution < 1.29 is 13.9 Å². The number of ether oxygens (including phenoxy) is 2. The van der Waals surface area contributed by atoms with Crippen LogP contribution in [-0.4, -0.2) is 51.4 Å². The summed E-state index contributed by atoms with van der Waals surface area (Å²) in [4.78, 5) is 10.8. The topological polar surface area (TPSA) is 76.2 Å². The molecular weight excluding hydrogens is 504 g/mol. The van der Waals surface area contributed by atoms with Crippen molar-refractivity contribution in [3.05, 3.63) is 81.5 Å². The number of morpholine rings is 1. The van der Waals surface area contributed by atoms with Gasteiger partial charge in [-0.05, 0) is 42.8 Å². The zero-order valence-electron chi connectivity index (χ0n) is 19.5. The Morgan fingerprint density at radius 2 is 1.94 bits per heavy atom. The third kappa shape index (κ3) is 5.52. The third-order valence-corrected chi connectivity index (χ3v) is 6.60. The highest BCUT2D eigenvalue weighted by Crippen LogP contribution is 2.34. The van der Waals surface area contributed by atoms with E-state index < -0.39 is 11.9 Å². The highest BCUT2D eigenvalue weighted by molar-refractivity contribution is 6.35. The maximum Gasteiger partial charge on any atom is 0.151 e. The van der Waals surface area contributed by atoms with Crippen LogP contribution in [-0.2, 0) is 11.3 Å². The Hall–Kier alpha value is -3.04. The zero-order valence-corrected chi connectivity index (χ0v) is 21.1. The number of aromatic nitrogens is 4. The molecule has 0 bridgehead atoms. The van der Waals surface area contributed by atoms with Crippen LogP contribution in [0.4, 0.5) is 4.39 Å². The van der Waals surface area contributed by atoms with Gasteiger partial charge >= 0.3 is 0 Å². The SMILES string of the molecule is CC(Oc1ccc2[nH]nc(C(F)=Cc3ccc(CN4CCOCC4)nc3)c2c1)c1c(Cl)cncc1Cl. The molecule has 186 valence electrons. The van der Waals surface area contributed by atoms with Gasteiger partial charge in [0.15, 0.2) is 5.83 Å². The van der Waals surface area contributed by atoms with E-state index in [9.17, 15) is 0 Å². The summed E-state index contributed by atoms with van der Waals surface area (Å²) in [6, 6.07) is 9.09. The fourth-order valence-electron chi connectivity index (χ4n) is 4.14. The van der Waals surface area contributed by atoms with E-state index in [0.717, 1.165) is 38.5 Å². The predicted octanol–water partition coefficient (Wildman–Crippen LogP) is 6.10. The van der Waals surface area contributed by atoms with Crippen LogP contribution in [0.5, 0.6) is 5.75 Å². The molecule has 4 heterocycles. The molecule has 7 nitrogen and oxygen atoms in total. The molecule has 1 unspecified atom stereocenters. The van der Waals surface area contributed by atoms with Crippen molar-refractivity contribution in [1.82, 2.24) is 25.1 Å². The molecule has 1 fully saturated rings. The van der Waals surface area contributed by atoms with E-state index in [4.69, 9.17) is 32.7 Å². The van der Waals surface area contributed by atoms with E-state index in [2.05, 4.69) is 25.1 Å². The van der Waals surface area contributed by atoms with E-state index in [-0.39, 0.29) is 5.69 Å². The second-order valence-electron chi connectivity index (χ2n) is 8.52. The first-order valence-corrected chi connectivity index (χ1v) is 12.3. The summed E-state index contributed by atoms with van der Waals surface area (Å²) >= 11 is 12.5. The van der Waals surface area contributed by atoms with Gasteiger partial charge in [0.05, 0.1) is 34.5 Å². The van der Waals surface area contributed by atoms with Crippen molar-refractivity contribution in [1.29, 1.82) is 0 Å². The van der Waals surface area contributed by atoms with Crippen LogP contribution in [0.2, 0.25) is 10.0 Å². The van der Waals surface area contributed by atoms with E-state index in [1.54, 1.807) is 24.4 Å². The summed E-state index contributed by atoms with van der Waals surface area (Å²) in [7, 11) is 0. The van der Waals surface area contributed by atoms with Gasteiger partial charge in [0.2, 0.25) is 0 Å². The molecule has 0 aliphatic carbocycles. The average molecular weight is 528 g/mol. The van der Waals surface area contributed by atoms with Gasteiger partial charge in [-0.2, -0.15) is 5.10 Å². The van der Waals surface area contributed by atoms with Crippen molar-refractivity contribution in [3.63, 3.8) is 0 Å². The van der Waals surface area contributed by atoms with Gasteiger partial charge in [-0.25, -0.2) is 4.39 Å². The number of H-pyrrole nitrogens is 1. The normalized spacial score (nSPS) is 15.8. The maximum absolute atomic E-state index is 15.3. The van der Waals surface area contributed by atoms with Crippen molar-refractivity contribution >= 4 is 46.0 Å². The summed E-state index contributed by atoms with van der Waals surface area (Å²) in [6.45, 7) is 5.83. The van der Waals surface area contributed by atoms with E-state index >= 15 is 4.39 Å². The monoisotopic (exact) mass is 527 g/mol. The molecule has 0 amide bonds. The number of rotatable bonds is 7. The van der Waals surface area contributed by atoms with E-state index in [1.165, 1.54) is 18.5 Å². The lowest BCUT2D eigenvalue weighted by Gasteiger charge is -2.26. The molecule has 10 heteroatoms. The number of nitrogens with zero attached hydrogens (tertiary/aromatic N) is 4. The van der Waals surface area contributed by atoms with E-state index in [1.807, 2.05) is 19.1 Å². The Balaban J connectivity index is 1.34. The Bertz CT molecular complexity index is 1370. The largest absolute Gasteiger partial charge is 0.486 e. The Kier molecular flexibility index (Phi) is 7.48. The minimum absolute atomic E-state index is 0.195. The molecule has 1 saturated heterocycles. The molecule has 1 atom stereocenters. The molecule has 1 aliphatic rings. The highest BCUT2D eigenvalue weighted by Gasteiger charge is 2.18. The van der Waals surface area contributed by atoms with Gasteiger partial charge in [-0.1, -0.05) is 29.3 Å². The lowest BCUT2D eigenvalue weighted by atomic mass is 10.1. The molecule has 1 aliphatic heterocycles. The second-order valence-corrected chi connectivity index (χ2v) is 9.33. The Morgan fingerprint density at radius 3 is 2.67 bits per heavy atom. The summed E-state index contributed by atoms with van der Waals surface area (Å²) in [5.41, 5.74) is 3.10. The molecule has 4 aromatic rings. The van der Waals surface area contributed by atoms with Crippen LogP contribution < -0.4 is 4.74 Å². The molecule has 0 spiro atoms. The standard InChI is InChI=1S/C26H24Cl2FN5O2/c1-16(25-21(27)13-30-14-22(25)28)36-19-4-5-24-20(11-19)26(33-32-24)23(29)10-17-2-3-18(31-12-17)15-34-6-8-35-9-7-34/h2-5,10-14,16H,6-9,15H2,1H3,(H,32,33). The number of fused-ring (bicyclic) bond motifs is 1. The number of nitrogens with one attached hydrogen (secondary N) is 1. The van der Waals surface area contributed by atoms with Crippen LogP contribution in [0, 0.1) is 0 Å². The summed E-state index contributed by atoms with van der Waals surface area (Å²) < 4.78 is 26.7. The maximum atomic E-state index is 15.3. The molecule has 0 saturated carbocycles. The van der Waals surface area contributed by atoms with Crippen LogP contribution >= 0.6 is 23.2 Å². The average Bonchev–Trinajstić information content (AvgIpc) is 3.29. The fraction of sp³-hybridized carbons (Fsp3) is 0.269. The fourth-order valence-corrected chi connectivity index (χ4v) is 4.81. The molecule has 36 heavy (non-hydrogen) atoms. The molecule has 5 rings (SSSR count). The predicted molar refractivity (Wildman–Crippen MR) is 139 cm³/mol. The minimum Gasteiger partial charge on any atom is -0.486 e. The van der Waals surface area contributed by atoms with Gasteiger partial charge in [-0.15, -0.1) is 0 Å². The number of halogens is 3.